The number of thioether (sulfide) groups is 1. The number of ether oxygens (including phenoxy) is 2. The van der Waals surface area contributed by atoms with Crippen LogP contribution in [0.2, 0.25) is 0 Å². The molecule has 2 aromatic heterocycles. The molecule has 0 spiro atoms. The molecule has 0 radical (unpaired) electrons. The van der Waals surface area contributed by atoms with Gasteiger partial charge in [0, 0.05) is 5.75 Å². The molecule has 1 aliphatic heterocycles. The monoisotopic (exact) mass is 414 g/mol. The molecule has 3 heterocycles. The number of nitrogens with zero attached hydrogens (tertiary/aromatic N) is 4. The second kappa shape index (κ2) is 8.00. The molecule has 3 aromatic rings. The van der Waals surface area contributed by atoms with E-state index >= 15 is 0 Å². The topological polar surface area (TPSA) is 101 Å². The Morgan fingerprint density at radius 1 is 1.14 bits per heavy atom. The number of rotatable bonds is 7. The molecule has 0 aliphatic carbocycles. The Balaban J connectivity index is 1.82. The van der Waals surface area contributed by atoms with Crippen LogP contribution in [-0.2, 0) is 9.63 Å². The molecule has 0 atom stereocenters. The van der Waals surface area contributed by atoms with Gasteiger partial charge in [-0.05, 0) is 31.2 Å². The molecular formula is C19H18N4O5S. The zero-order valence-corrected chi connectivity index (χ0v) is 16.9. The standard InChI is InChI=1S/C19H18N4O5S/c1-11-7-8-15(27-11)18-20-21-19(29-10-12-9-16(24)28-22-12)23(18)17-13(25-2)5-4-6-14(17)26-3/h4-8H,9-10H2,1-3H3. The Bertz CT molecular complexity index is 1070. The molecule has 150 valence electrons. The van der Waals surface area contributed by atoms with E-state index < -0.39 is 0 Å². The van der Waals surface area contributed by atoms with E-state index in [1.807, 2.05) is 41.8 Å². The van der Waals surface area contributed by atoms with Gasteiger partial charge in [-0.25, -0.2) is 4.79 Å². The largest absolute Gasteiger partial charge is 0.494 e. The van der Waals surface area contributed by atoms with Crippen LogP contribution in [0.1, 0.15) is 12.2 Å². The van der Waals surface area contributed by atoms with Crippen LogP contribution in [0.5, 0.6) is 11.5 Å². The normalized spacial score (nSPS) is 13.3. The van der Waals surface area contributed by atoms with Crippen molar-refractivity contribution in [1.82, 2.24) is 14.8 Å². The first-order valence-electron chi connectivity index (χ1n) is 8.72. The van der Waals surface area contributed by atoms with E-state index in [0.717, 1.165) is 5.76 Å². The summed E-state index contributed by atoms with van der Waals surface area (Å²) in [5.74, 6) is 3.07. The quantitative estimate of drug-likeness (QED) is 0.429. The molecule has 0 fully saturated rings. The minimum atomic E-state index is -0.361. The van der Waals surface area contributed by atoms with Gasteiger partial charge in [-0.3, -0.25) is 4.57 Å². The lowest BCUT2D eigenvalue weighted by Crippen LogP contribution is -2.06. The number of hydrogen-bond donors (Lipinski definition) is 0. The lowest BCUT2D eigenvalue weighted by atomic mass is 10.2. The number of carbonyl (C=O) groups is 1. The molecule has 0 unspecified atom stereocenters. The minimum absolute atomic E-state index is 0.170. The Hall–Kier alpha value is -3.27. The average molecular weight is 414 g/mol. The number of furan rings is 1. The number of carbonyl (C=O) groups excluding carboxylic acids is 1. The number of methoxy groups -OCH3 is 2. The molecule has 0 saturated heterocycles. The van der Waals surface area contributed by atoms with Gasteiger partial charge >= 0.3 is 5.97 Å². The van der Waals surface area contributed by atoms with Crippen LogP contribution in [0.3, 0.4) is 0 Å². The van der Waals surface area contributed by atoms with Crippen molar-refractivity contribution in [2.24, 2.45) is 5.16 Å². The lowest BCUT2D eigenvalue weighted by Gasteiger charge is -2.16. The highest BCUT2D eigenvalue weighted by atomic mass is 32.2. The number of oxime groups is 1. The molecule has 0 bridgehead atoms. The number of aryl methyl sites for hydroxylation is 1. The fraction of sp³-hybridized carbons (Fsp3) is 0.263. The van der Waals surface area contributed by atoms with Crippen LogP contribution >= 0.6 is 11.8 Å². The van der Waals surface area contributed by atoms with Gasteiger partial charge in [0.05, 0.1) is 26.4 Å². The molecule has 9 nitrogen and oxygen atoms in total. The van der Waals surface area contributed by atoms with E-state index in [1.165, 1.54) is 11.8 Å². The van der Waals surface area contributed by atoms with Crippen LogP contribution in [0.25, 0.3) is 17.3 Å². The highest BCUT2D eigenvalue weighted by molar-refractivity contribution is 7.99. The molecule has 10 heteroatoms. The van der Waals surface area contributed by atoms with E-state index in [2.05, 4.69) is 20.2 Å². The molecule has 1 aliphatic rings. The van der Waals surface area contributed by atoms with Gasteiger partial charge in [0.25, 0.3) is 0 Å². The summed E-state index contributed by atoms with van der Waals surface area (Å²) in [6.07, 6.45) is 0.170. The Kier molecular flexibility index (Phi) is 5.26. The van der Waals surface area contributed by atoms with E-state index in [0.29, 0.717) is 45.4 Å². The van der Waals surface area contributed by atoms with Gasteiger partial charge in [-0.2, -0.15) is 0 Å². The summed E-state index contributed by atoms with van der Waals surface area (Å²) >= 11 is 1.38. The van der Waals surface area contributed by atoms with Crippen LogP contribution in [-0.4, -0.2) is 46.4 Å². The Labute approximate surface area is 170 Å². The minimum Gasteiger partial charge on any atom is -0.494 e. The summed E-state index contributed by atoms with van der Waals surface area (Å²) in [4.78, 5) is 15.9. The molecule has 0 saturated carbocycles. The van der Waals surface area contributed by atoms with Crippen molar-refractivity contribution in [1.29, 1.82) is 0 Å². The number of hydrogen-bond acceptors (Lipinski definition) is 9. The van der Waals surface area contributed by atoms with E-state index in [4.69, 9.17) is 13.9 Å². The highest BCUT2D eigenvalue weighted by Crippen LogP contribution is 2.38. The number of para-hydroxylation sites is 1. The average Bonchev–Trinajstić information content (AvgIpc) is 3.45. The molecule has 1 aromatic carbocycles. The van der Waals surface area contributed by atoms with Gasteiger partial charge in [-0.1, -0.05) is 23.0 Å². The van der Waals surface area contributed by atoms with Crippen LogP contribution < -0.4 is 9.47 Å². The van der Waals surface area contributed by atoms with Gasteiger partial charge in [0.2, 0.25) is 5.82 Å². The smallest absolute Gasteiger partial charge is 0.340 e. The summed E-state index contributed by atoms with van der Waals surface area (Å²) in [5, 5.41) is 13.0. The van der Waals surface area contributed by atoms with E-state index in [9.17, 15) is 4.79 Å². The number of benzene rings is 1. The van der Waals surface area contributed by atoms with Crippen LogP contribution in [0, 0.1) is 6.92 Å². The molecule has 4 rings (SSSR count). The van der Waals surface area contributed by atoms with Gasteiger partial charge < -0.3 is 18.7 Å². The molecule has 0 amide bonds. The maximum absolute atomic E-state index is 11.3. The second-order valence-electron chi connectivity index (χ2n) is 6.15. The van der Waals surface area contributed by atoms with Crippen molar-refractivity contribution >= 4 is 23.4 Å². The van der Waals surface area contributed by atoms with Crippen molar-refractivity contribution in [2.45, 2.75) is 18.5 Å². The van der Waals surface area contributed by atoms with E-state index in [-0.39, 0.29) is 12.4 Å². The summed E-state index contributed by atoms with van der Waals surface area (Å²) < 4.78 is 18.7. The highest BCUT2D eigenvalue weighted by Gasteiger charge is 2.25. The number of aromatic nitrogens is 3. The van der Waals surface area contributed by atoms with Crippen molar-refractivity contribution in [3.63, 3.8) is 0 Å². The van der Waals surface area contributed by atoms with Gasteiger partial charge in [0.15, 0.2) is 10.9 Å². The Morgan fingerprint density at radius 3 is 2.48 bits per heavy atom. The SMILES string of the molecule is COc1cccc(OC)c1-n1c(SCC2=NOC(=O)C2)nnc1-c1ccc(C)o1. The van der Waals surface area contributed by atoms with Crippen molar-refractivity contribution in [3.05, 3.63) is 36.1 Å². The molecular weight excluding hydrogens is 396 g/mol. The van der Waals surface area contributed by atoms with Crippen LogP contribution in [0.15, 0.2) is 45.1 Å². The van der Waals surface area contributed by atoms with Gasteiger partial charge in [-0.15, -0.1) is 10.2 Å². The summed E-state index contributed by atoms with van der Waals surface area (Å²) in [6.45, 7) is 1.86. The van der Waals surface area contributed by atoms with E-state index in [1.54, 1.807) is 14.2 Å². The third kappa shape index (κ3) is 3.70. The van der Waals surface area contributed by atoms with Crippen molar-refractivity contribution < 1.29 is 23.5 Å². The van der Waals surface area contributed by atoms with Gasteiger partial charge in [0.1, 0.15) is 22.9 Å². The molecule has 0 N–H and O–H groups in total. The van der Waals surface area contributed by atoms with Crippen LogP contribution in [0.4, 0.5) is 0 Å². The zero-order valence-electron chi connectivity index (χ0n) is 16.0. The Morgan fingerprint density at radius 2 is 1.90 bits per heavy atom. The first-order valence-corrected chi connectivity index (χ1v) is 9.71. The summed E-state index contributed by atoms with van der Waals surface area (Å²) in [5.41, 5.74) is 1.28. The fourth-order valence-electron chi connectivity index (χ4n) is 2.90. The lowest BCUT2D eigenvalue weighted by molar-refractivity contribution is -0.140. The maximum atomic E-state index is 11.3. The maximum Gasteiger partial charge on any atom is 0.340 e. The third-order valence-corrected chi connectivity index (χ3v) is 5.21. The first kappa shape index (κ1) is 19.1. The summed E-state index contributed by atoms with van der Waals surface area (Å²) in [7, 11) is 3.17. The zero-order chi connectivity index (χ0) is 20.4. The van der Waals surface area contributed by atoms with Crippen molar-refractivity contribution in [2.75, 3.05) is 20.0 Å². The second-order valence-corrected chi connectivity index (χ2v) is 7.09. The fourth-order valence-corrected chi connectivity index (χ4v) is 3.76. The predicted octanol–water partition coefficient (Wildman–Crippen LogP) is 3.25. The summed E-state index contributed by atoms with van der Waals surface area (Å²) in [6, 6.07) is 9.19. The third-order valence-electron chi connectivity index (χ3n) is 4.21. The predicted molar refractivity (Wildman–Crippen MR) is 106 cm³/mol. The molecule has 29 heavy (non-hydrogen) atoms. The van der Waals surface area contributed by atoms with Crippen molar-refractivity contribution in [3.8, 4) is 28.8 Å². The first-order chi connectivity index (χ1) is 14.1.